The monoisotopic (exact) mass is 377 g/mol. The summed E-state index contributed by atoms with van der Waals surface area (Å²) in [5, 5.41) is 5.47. The Morgan fingerprint density at radius 1 is 1.07 bits per heavy atom. The van der Waals surface area contributed by atoms with Crippen molar-refractivity contribution in [2.45, 2.75) is 13.1 Å². The minimum atomic E-state index is -0.357. The second-order valence-corrected chi connectivity index (χ2v) is 6.32. The Balaban J connectivity index is 1.45. The maximum atomic E-state index is 12.3. The zero-order valence-corrected chi connectivity index (χ0v) is 15.1. The van der Waals surface area contributed by atoms with Gasteiger partial charge in [-0.1, -0.05) is 30.3 Å². The quantitative estimate of drug-likeness (QED) is 0.713. The Kier molecular flexibility index (Phi) is 4.97. The van der Waals surface area contributed by atoms with Crippen molar-refractivity contribution in [1.82, 2.24) is 5.32 Å². The number of ether oxygens (including phenoxy) is 1. The van der Waals surface area contributed by atoms with Crippen molar-refractivity contribution >= 4 is 23.3 Å². The van der Waals surface area contributed by atoms with Gasteiger partial charge in [-0.25, -0.2) is 4.79 Å². The average molecular weight is 377 g/mol. The van der Waals surface area contributed by atoms with Crippen LogP contribution in [0.25, 0.3) is 0 Å². The van der Waals surface area contributed by atoms with Crippen LogP contribution in [0, 0.1) is 0 Å². The van der Waals surface area contributed by atoms with E-state index in [1.54, 1.807) is 41.5 Å². The molecular formula is C21H19N3O4. The van der Waals surface area contributed by atoms with Crippen LogP contribution in [0.4, 0.5) is 16.2 Å². The molecule has 0 bridgehead atoms. The highest BCUT2D eigenvalue weighted by Crippen LogP contribution is 2.35. The molecule has 0 spiro atoms. The largest absolute Gasteiger partial charge is 0.481 e. The fourth-order valence-electron chi connectivity index (χ4n) is 2.98. The lowest BCUT2D eigenvalue weighted by molar-refractivity contribution is -0.121. The Morgan fingerprint density at radius 3 is 2.71 bits per heavy atom. The van der Waals surface area contributed by atoms with Gasteiger partial charge in [0.15, 0.2) is 6.61 Å². The number of hydrogen-bond acceptors (Lipinski definition) is 4. The molecule has 2 heterocycles. The number of benzene rings is 2. The summed E-state index contributed by atoms with van der Waals surface area (Å²) < 4.78 is 10.7. The molecule has 7 nitrogen and oxygen atoms in total. The predicted octanol–water partition coefficient (Wildman–Crippen LogP) is 3.53. The summed E-state index contributed by atoms with van der Waals surface area (Å²) in [6.07, 6.45) is 1.55. The standard InChI is InChI=1S/C21H19N3O4/c25-20-14-28-19-11-16(23-21(26)22-12-17-7-4-10-27-17)8-9-18(19)24(20)13-15-5-2-1-3-6-15/h1-11H,12-14H2,(H2,22,23,26). The molecule has 7 heteroatoms. The Bertz CT molecular complexity index is 971. The van der Waals surface area contributed by atoms with Gasteiger partial charge in [-0.3, -0.25) is 4.79 Å². The molecular weight excluding hydrogens is 358 g/mol. The molecule has 0 saturated carbocycles. The number of hydrogen-bond donors (Lipinski definition) is 2. The van der Waals surface area contributed by atoms with E-state index >= 15 is 0 Å². The smallest absolute Gasteiger partial charge is 0.319 e. The van der Waals surface area contributed by atoms with Crippen LogP contribution in [0.15, 0.2) is 71.3 Å². The first kappa shape index (κ1) is 17.7. The molecule has 2 N–H and O–H groups in total. The van der Waals surface area contributed by atoms with Crippen molar-refractivity contribution in [3.8, 4) is 5.75 Å². The van der Waals surface area contributed by atoms with Crippen LogP contribution in [0.1, 0.15) is 11.3 Å². The van der Waals surface area contributed by atoms with Crippen molar-refractivity contribution in [2.75, 3.05) is 16.8 Å². The Labute approximate surface area is 161 Å². The number of fused-ring (bicyclic) bond motifs is 1. The lowest BCUT2D eigenvalue weighted by Gasteiger charge is -2.29. The second kappa shape index (κ2) is 7.87. The van der Waals surface area contributed by atoms with Crippen LogP contribution in [-0.2, 0) is 17.9 Å². The van der Waals surface area contributed by atoms with E-state index in [-0.39, 0.29) is 18.5 Å². The third-order valence-corrected chi connectivity index (χ3v) is 4.35. The van der Waals surface area contributed by atoms with E-state index in [1.807, 2.05) is 30.3 Å². The van der Waals surface area contributed by atoms with Gasteiger partial charge in [-0.15, -0.1) is 0 Å². The van der Waals surface area contributed by atoms with E-state index in [4.69, 9.17) is 9.15 Å². The van der Waals surface area contributed by atoms with Gasteiger partial charge in [-0.05, 0) is 29.8 Å². The Hall–Kier alpha value is -3.74. The fourth-order valence-corrected chi connectivity index (χ4v) is 2.98. The summed E-state index contributed by atoms with van der Waals surface area (Å²) >= 11 is 0. The zero-order chi connectivity index (χ0) is 19.3. The molecule has 0 fully saturated rings. The maximum Gasteiger partial charge on any atom is 0.319 e. The van der Waals surface area contributed by atoms with Crippen LogP contribution in [0.3, 0.4) is 0 Å². The number of nitrogens with zero attached hydrogens (tertiary/aromatic N) is 1. The van der Waals surface area contributed by atoms with E-state index in [9.17, 15) is 9.59 Å². The van der Waals surface area contributed by atoms with E-state index in [0.717, 1.165) is 5.56 Å². The molecule has 0 atom stereocenters. The SMILES string of the molecule is O=C(NCc1ccco1)Nc1ccc2c(c1)OCC(=O)N2Cc1ccccc1. The van der Waals surface area contributed by atoms with Gasteiger partial charge in [0, 0.05) is 11.8 Å². The topological polar surface area (TPSA) is 83.8 Å². The normalized spacial score (nSPS) is 12.9. The van der Waals surface area contributed by atoms with Crippen molar-refractivity contribution in [3.63, 3.8) is 0 Å². The van der Waals surface area contributed by atoms with Crippen LogP contribution in [0.5, 0.6) is 5.75 Å². The fraction of sp³-hybridized carbons (Fsp3) is 0.143. The highest BCUT2D eigenvalue weighted by Gasteiger charge is 2.26. The van der Waals surface area contributed by atoms with E-state index in [1.165, 1.54) is 0 Å². The molecule has 3 amide bonds. The van der Waals surface area contributed by atoms with Crippen molar-refractivity contribution in [3.05, 3.63) is 78.3 Å². The van der Waals surface area contributed by atoms with Gasteiger partial charge in [-0.2, -0.15) is 0 Å². The molecule has 4 rings (SSSR count). The van der Waals surface area contributed by atoms with Crippen LogP contribution < -0.4 is 20.3 Å². The zero-order valence-electron chi connectivity index (χ0n) is 15.1. The van der Waals surface area contributed by atoms with E-state index in [0.29, 0.717) is 36.0 Å². The molecule has 142 valence electrons. The number of carbonyl (C=O) groups is 2. The minimum absolute atomic E-state index is 0.0338. The first-order valence-corrected chi connectivity index (χ1v) is 8.87. The maximum absolute atomic E-state index is 12.3. The number of amides is 3. The van der Waals surface area contributed by atoms with Crippen LogP contribution in [0.2, 0.25) is 0 Å². The van der Waals surface area contributed by atoms with Crippen molar-refractivity contribution < 1.29 is 18.7 Å². The summed E-state index contributed by atoms with van der Waals surface area (Å²) in [5.41, 5.74) is 2.29. The molecule has 1 aliphatic rings. The van der Waals surface area contributed by atoms with Gasteiger partial charge in [0.25, 0.3) is 5.91 Å². The van der Waals surface area contributed by atoms with Crippen molar-refractivity contribution in [1.29, 1.82) is 0 Å². The summed E-state index contributed by atoms with van der Waals surface area (Å²) in [6, 6.07) is 18.2. The summed E-state index contributed by atoms with van der Waals surface area (Å²) in [7, 11) is 0. The highest BCUT2D eigenvalue weighted by atomic mass is 16.5. The molecule has 1 aromatic heterocycles. The van der Waals surface area contributed by atoms with Gasteiger partial charge >= 0.3 is 6.03 Å². The van der Waals surface area contributed by atoms with Crippen LogP contribution >= 0.6 is 0 Å². The third kappa shape index (κ3) is 3.98. The molecule has 0 unspecified atom stereocenters. The molecule has 3 aromatic rings. The van der Waals surface area contributed by atoms with Gasteiger partial charge < -0.3 is 24.7 Å². The second-order valence-electron chi connectivity index (χ2n) is 6.32. The number of nitrogens with one attached hydrogen (secondary N) is 2. The molecule has 2 aromatic carbocycles. The first-order chi connectivity index (χ1) is 13.7. The number of urea groups is 1. The highest BCUT2D eigenvalue weighted by molar-refractivity contribution is 5.98. The van der Waals surface area contributed by atoms with Gasteiger partial charge in [0.2, 0.25) is 0 Å². The summed E-state index contributed by atoms with van der Waals surface area (Å²) in [6.45, 7) is 0.722. The minimum Gasteiger partial charge on any atom is -0.481 e. The number of rotatable bonds is 5. The third-order valence-electron chi connectivity index (χ3n) is 4.35. The number of carbonyl (C=O) groups excluding carboxylic acids is 2. The van der Waals surface area contributed by atoms with Crippen molar-refractivity contribution in [2.24, 2.45) is 0 Å². The lowest BCUT2D eigenvalue weighted by Crippen LogP contribution is -2.38. The number of furan rings is 1. The van der Waals surface area contributed by atoms with E-state index in [2.05, 4.69) is 10.6 Å². The first-order valence-electron chi connectivity index (χ1n) is 8.87. The molecule has 1 aliphatic heterocycles. The van der Waals surface area contributed by atoms with E-state index < -0.39 is 0 Å². The van der Waals surface area contributed by atoms with Crippen LogP contribution in [-0.4, -0.2) is 18.5 Å². The summed E-state index contributed by atoms with van der Waals surface area (Å²) in [5.74, 6) is 1.12. The van der Waals surface area contributed by atoms with Gasteiger partial charge in [0.1, 0.15) is 11.5 Å². The molecule has 0 aliphatic carbocycles. The van der Waals surface area contributed by atoms with Gasteiger partial charge in [0.05, 0.1) is 25.0 Å². The molecule has 28 heavy (non-hydrogen) atoms. The molecule has 0 radical (unpaired) electrons. The lowest BCUT2D eigenvalue weighted by atomic mass is 10.1. The number of anilines is 2. The summed E-state index contributed by atoms with van der Waals surface area (Å²) in [4.78, 5) is 26.1. The molecule has 0 saturated heterocycles. The Morgan fingerprint density at radius 2 is 1.93 bits per heavy atom. The predicted molar refractivity (Wildman–Crippen MR) is 104 cm³/mol. The average Bonchev–Trinajstić information content (AvgIpc) is 3.23.